The van der Waals surface area contributed by atoms with Crippen LogP contribution < -0.4 is 10.2 Å². The molecule has 3 fully saturated rings. The van der Waals surface area contributed by atoms with Crippen LogP contribution >= 0.6 is 0 Å². The maximum atomic E-state index is 12.9. The minimum Gasteiger partial charge on any atom is -0.368 e. The van der Waals surface area contributed by atoms with Crippen molar-refractivity contribution < 1.29 is 4.79 Å². The number of hydrogen-bond acceptors (Lipinski definition) is 7. The second-order valence-corrected chi connectivity index (χ2v) is 11.4. The highest BCUT2D eigenvalue weighted by molar-refractivity contribution is 5.84. The molecule has 1 aliphatic heterocycles. The SMILES string of the molecule is CC(C)N1CCN(c2ccc(Nc3ncc4c(n3)C3C(C4)C(=O)CCC34CCCCC4)nc2)CC1. The molecule has 1 N–H and O–H groups in total. The number of aromatic nitrogens is 3. The van der Waals surface area contributed by atoms with Gasteiger partial charge in [-0.05, 0) is 62.6 Å². The second kappa shape index (κ2) is 9.16. The number of carbonyl (C=O) groups excluding carboxylic acids is 1. The quantitative estimate of drug-likeness (QED) is 0.687. The van der Waals surface area contributed by atoms with Crippen LogP contribution in [0.1, 0.15) is 76.0 Å². The van der Waals surface area contributed by atoms with Gasteiger partial charge >= 0.3 is 0 Å². The van der Waals surface area contributed by atoms with E-state index in [0.29, 0.717) is 17.8 Å². The van der Waals surface area contributed by atoms with Crippen molar-refractivity contribution in [2.45, 2.75) is 77.2 Å². The van der Waals surface area contributed by atoms with Crippen molar-refractivity contribution in [1.29, 1.82) is 0 Å². The lowest BCUT2D eigenvalue weighted by Gasteiger charge is -2.47. The molecular formula is C28H38N6O. The monoisotopic (exact) mass is 474 g/mol. The van der Waals surface area contributed by atoms with Crippen molar-refractivity contribution in [2.75, 3.05) is 36.4 Å². The summed E-state index contributed by atoms with van der Waals surface area (Å²) < 4.78 is 0. The van der Waals surface area contributed by atoms with Crippen LogP contribution in [0.25, 0.3) is 0 Å². The summed E-state index contributed by atoms with van der Waals surface area (Å²) in [6, 6.07) is 4.76. The lowest BCUT2D eigenvalue weighted by atomic mass is 9.56. The Labute approximate surface area is 208 Å². The molecule has 4 aliphatic rings. The number of nitrogens with zero attached hydrogens (tertiary/aromatic N) is 5. The van der Waals surface area contributed by atoms with E-state index in [2.05, 4.69) is 45.0 Å². The van der Waals surface area contributed by atoms with E-state index in [9.17, 15) is 4.79 Å². The average Bonchev–Trinajstić information content (AvgIpc) is 3.28. The van der Waals surface area contributed by atoms with Crippen LogP contribution in [0.2, 0.25) is 0 Å². The number of pyridine rings is 1. The number of ketones is 1. The summed E-state index contributed by atoms with van der Waals surface area (Å²) in [7, 11) is 0. The van der Waals surface area contributed by atoms with Gasteiger partial charge in [0.15, 0.2) is 0 Å². The van der Waals surface area contributed by atoms with Gasteiger partial charge in [-0.3, -0.25) is 9.69 Å². The smallest absolute Gasteiger partial charge is 0.228 e. The standard InChI is InChI=1S/C28H38N6O/c1-19(2)33-12-14-34(15-13-33)21-6-7-24(29-18-21)31-27-30-17-20-16-22-23(35)8-11-28(9-4-3-5-10-28)25(22)26(20)32-27/h6-7,17-19,22,25H,3-5,8-16H2,1-2H3,(H,29,30,31,32). The molecule has 0 amide bonds. The van der Waals surface area contributed by atoms with Gasteiger partial charge in [0.1, 0.15) is 11.6 Å². The van der Waals surface area contributed by atoms with Crippen molar-refractivity contribution in [3.8, 4) is 0 Å². The molecule has 2 aromatic rings. The van der Waals surface area contributed by atoms with Crippen LogP contribution in [-0.4, -0.2) is 57.9 Å². The molecule has 2 aromatic heterocycles. The van der Waals surface area contributed by atoms with Crippen LogP contribution in [0.15, 0.2) is 24.5 Å². The van der Waals surface area contributed by atoms with Crippen molar-refractivity contribution in [2.24, 2.45) is 11.3 Å². The first-order valence-electron chi connectivity index (χ1n) is 13.6. The van der Waals surface area contributed by atoms with Gasteiger partial charge in [0.25, 0.3) is 0 Å². The molecule has 2 saturated carbocycles. The van der Waals surface area contributed by atoms with E-state index in [1.807, 2.05) is 18.5 Å². The molecule has 35 heavy (non-hydrogen) atoms. The number of hydrogen-bond donors (Lipinski definition) is 1. The molecule has 3 aliphatic carbocycles. The van der Waals surface area contributed by atoms with E-state index in [4.69, 9.17) is 4.98 Å². The average molecular weight is 475 g/mol. The van der Waals surface area contributed by atoms with Crippen LogP contribution in [0.5, 0.6) is 0 Å². The van der Waals surface area contributed by atoms with Crippen molar-refractivity contribution in [3.05, 3.63) is 35.8 Å². The number of rotatable bonds is 4. The maximum absolute atomic E-state index is 12.9. The fourth-order valence-corrected chi connectivity index (χ4v) is 7.26. The molecule has 1 saturated heterocycles. The Balaban J connectivity index is 1.18. The van der Waals surface area contributed by atoms with Gasteiger partial charge in [-0.2, -0.15) is 0 Å². The van der Waals surface area contributed by atoms with Crippen LogP contribution in [0.3, 0.4) is 0 Å². The number of fused-ring (bicyclic) bond motifs is 4. The van der Waals surface area contributed by atoms with E-state index in [-0.39, 0.29) is 17.3 Å². The Morgan fingerprint density at radius 2 is 1.80 bits per heavy atom. The molecule has 2 atom stereocenters. The minimum absolute atomic E-state index is 0.106. The number of piperazine rings is 1. The zero-order valence-corrected chi connectivity index (χ0v) is 21.2. The molecular weight excluding hydrogens is 436 g/mol. The summed E-state index contributed by atoms with van der Waals surface area (Å²) >= 11 is 0. The highest BCUT2D eigenvalue weighted by atomic mass is 16.1. The lowest BCUT2D eigenvalue weighted by Crippen LogP contribution is -2.48. The van der Waals surface area contributed by atoms with Gasteiger partial charge in [-0.1, -0.05) is 19.3 Å². The van der Waals surface area contributed by atoms with Gasteiger partial charge in [0.05, 0.1) is 17.6 Å². The summed E-state index contributed by atoms with van der Waals surface area (Å²) in [6.45, 7) is 8.77. The van der Waals surface area contributed by atoms with Crippen molar-refractivity contribution >= 4 is 23.2 Å². The third-order valence-corrected chi connectivity index (χ3v) is 9.22. The summed E-state index contributed by atoms with van der Waals surface area (Å²) in [6.07, 6.45) is 12.9. The third-order valence-electron chi connectivity index (χ3n) is 9.22. The number of nitrogens with one attached hydrogen (secondary N) is 1. The first-order valence-corrected chi connectivity index (χ1v) is 13.6. The Hall–Kier alpha value is -2.54. The predicted molar refractivity (Wildman–Crippen MR) is 138 cm³/mol. The Kier molecular flexibility index (Phi) is 5.99. The summed E-state index contributed by atoms with van der Waals surface area (Å²) in [5.41, 5.74) is 3.72. The van der Waals surface area contributed by atoms with E-state index in [1.165, 1.54) is 37.7 Å². The van der Waals surface area contributed by atoms with E-state index in [1.54, 1.807) is 0 Å². The molecule has 3 heterocycles. The first kappa shape index (κ1) is 22.9. The van der Waals surface area contributed by atoms with Gasteiger partial charge in [-0.25, -0.2) is 15.0 Å². The molecule has 7 heteroatoms. The van der Waals surface area contributed by atoms with Crippen molar-refractivity contribution in [3.63, 3.8) is 0 Å². The van der Waals surface area contributed by atoms with Crippen molar-refractivity contribution in [1.82, 2.24) is 19.9 Å². The second-order valence-electron chi connectivity index (χ2n) is 11.4. The van der Waals surface area contributed by atoms with Crippen LogP contribution in [0, 0.1) is 11.3 Å². The van der Waals surface area contributed by atoms with Gasteiger partial charge in [-0.15, -0.1) is 0 Å². The summed E-state index contributed by atoms with van der Waals surface area (Å²) in [5, 5.41) is 3.34. The first-order chi connectivity index (χ1) is 17.0. The highest BCUT2D eigenvalue weighted by Gasteiger charge is 2.53. The molecule has 186 valence electrons. The van der Waals surface area contributed by atoms with E-state index < -0.39 is 0 Å². The molecule has 2 unspecified atom stereocenters. The zero-order valence-electron chi connectivity index (χ0n) is 21.2. The highest BCUT2D eigenvalue weighted by Crippen LogP contribution is 2.59. The summed E-state index contributed by atoms with van der Waals surface area (Å²) in [5.74, 6) is 2.16. The Morgan fingerprint density at radius 3 is 2.51 bits per heavy atom. The predicted octanol–water partition coefficient (Wildman–Crippen LogP) is 4.71. The molecule has 7 nitrogen and oxygen atoms in total. The molecule has 0 radical (unpaired) electrons. The minimum atomic E-state index is 0.106. The fourth-order valence-electron chi connectivity index (χ4n) is 7.26. The molecule has 0 bridgehead atoms. The van der Waals surface area contributed by atoms with Crippen LogP contribution in [0.4, 0.5) is 17.5 Å². The summed E-state index contributed by atoms with van der Waals surface area (Å²) in [4.78, 5) is 32.1. The fraction of sp³-hybridized carbons (Fsp3) is 0.643. The number of carbonyl (C=O) groups is 1. The normalized spacial score (nSPS) is 26.1. The van der Waals surface area contributed by atoms with Gasteiger partial charge in [0, 0.05) is 56.7 Å². The number of anilines is 3. The third kappa shape index (κ3) is 4.22. The molecule has 6 rings (SSSR count). The lowest BCUT2D eigenvalue weighted by molar-refractivity contribution is -0.129. The Morgan fingerprint density at radius 1 is 1.00 bits per heavy atom. The van der Waals surface area contributed by atoms with Crippen LogP contribution in [-0.2, 0) is 11.2 Å². The van der Waals surface area contributed by atoms with Gasteiger partial charge < -0.3 is 10.2 Å². The van der Waals surface area contributed by atoms with E-state index in [0.717, 1.165) is 62.6 Å². The topological polar surface area (TPSA) is 74.2 Å². The van der Waals surface area contributed by atoms with E-state index >= 15 is 0 Å². The molecule has 0 aromatic carbocycles. The largest absolute Gasteiger partial charge is 0.368 e. The Bertz CT molecular complexity index is 1070. The number of Topliss-reactive ketones (excluding diaryl/α,β-unsaturated/α-hetero) is 1. The zero-order chi connectivity index (χ0) is 24.0. The maximum Gasteiger partial charge on any atom is 0.228 e. The molecule has 1 spiro atoms. The van der Waals surface area contributed by atoms with Gasteiger partial charge in [0.2, 0.25) is 5.95 Å².